The van der Waals surface area contributed by atoms with Crippen molar-refractivity contribution in [2.45, 2.75) is 0 Å². The standard InChI is InChI=1S/C21H15FN2O3/c1-26-15-6-4-5-13(11-15)21-24-18-12-14(9-10-19(18)27-21)23-20(25)16-7-2-3-8-17(16)22/h2-12H,1H3,(H,23,25). The number of carbonyl (C=O) groups is 1. The van der Waals surface area contributed by atoms with Crippen LogP contribution in [0, 0.1) is 5.82 Å². The van der Waals surface area contributed by atoms with Gasteiger partial charge in [0.1, 0.15) is 17.1 Å². The van der Waals surface area contributed by atoms with Crippen molar-refractivity contribution in [1.82, 2.24) is 4.98 Å². The minimum absolute atomic E-state index is 0.0187. The molecule has 3 aromatic carbocycles. The highest BCUT2D eigenvalue weighted by molar-refractivity contribution is 6.05. The van der Waals surface area contributed by atoms with Gasteiger partial charge in [-0.2, -0.15) is 0 Å². The molecule has 1 aromatic heterocycles. The first kappa shape index (κ1) is 16.8. The summed E-state index contributed by atoms with van der Waals surface area (Å²) in [6, 6.07) is 18.3. The predicted octanol–water partition coefficient (Wildman–Crippen LogP) is 4.89. The molecule has 4 aromatic rings. The zero-order chi connectivity index (χ0) is 18.8. The van der Waals surface area contributed by atoms with Crippen LogP contribution in [0.2, 0.25) is 0 Å². The van der Waals surface area contributed by atoms with Crippen molar-refractivity contribution in [3.05, 3.63) is 78.1 Å². The summed E-state index contributed by atoms with van der Waals surface area (Å²) in [5.74, 6) is 0.0517. The molecule has 0 aliphatic carbocycles. The Morgan fingerprint density at radius 2 is 1.93 bits per heavy atom. The number of halogens is 1. The van der Waals surface area contributed by atoms with Gasteiger partial charge in [0.2, 0.25) is 5.89 Å². The van der Waals surface area contributed by atoms with Gasteiger partial charge in [0.05, 0.1) is 12.7 Å². The smallest absolute Gasteiger partial charge is 0.258 e. The number of oxazole rings is 1. The fraction of sp³-hybridized carbons (Fsp3) is 0.0476. The lowest BCUT2D eigenvalue weighted by Crippen LogP contribution is -2.13. The number of hydrogen-bond acceptors (Lipinski definition) is 4. The molecule has 27 heavy (non-hydrogen) atoms. The molecule has 1 amide bonds. The molecular weight excluding hydrogens is 347 g/mol. The molecular formula is C21H15FN2O3. The summed E-state index contributed by atoms with van der Waals surface area (Å²) in [5, 5.41) is 2.68. The van der Waals surface area contributed by atoms with Crippen LogP contribution in [0.5, 0.6) is 5.75 Å². The van der Waals surface area contributed by atoms with Crippen LogP contribution < -0.4 is 10.1 Å². The van der Waals surface area contributed by atoms with E-state index < -0.39 is 11.7 Å². The number of rotatable bonds is 4. The van der Waals surface area contributed by atoms with Gasteiger partial charge in [0.25, 0.3) is 5.91 Å². The molecule has 0 aliphatic rings. The Morgan fingerprint density at radius 1 is 1.07 bits per heavy atom. The normalized spacial score (nSPS) is 10.7. The van der Waals surface area contributed by atoms with E-state index in [0.29, 0.717) is 28.4 Å². The third-order valence-electron chi connectivity index (χ3n) is 4.08. The van der Waals surface area contributed by atoms with Gasteiger partial charge in [-0.1, -0.05) is 18.2 Å². The summed E-state index contributed by atoms with van der Waals surface area (Å²) < 4.78 is 24.7. The van der Waals surface area contributed by atoms with E-state index in [1.54, 1.807) is 31.4 Å². The molecule has 0 atom stereocenters. The molecule has 0 fully saturated rings. The summed E-state index contributed by atoms with van der Waals surface area (Å²) in [6.45, 7) is 0. The number of ether oxygens (including phenoxy) is 1. The number of methoxy groups -OCH3 is 1. The van der Waals surface area contributed by atoms with Crippen LogP contribution in [0.4, 0.5) is 10.1 Å². The average Bonchev–Trinajstić information content (AvgIpc) is 3.12. The van der Waals surface area contributed by atoms with Crippen LogP contribution in [-0.4, -0.2) is 18.0 Å². The van der Waals surface area contributed by atoms with Crippen molar-refractivity contribution in [3.8, 4) is 17.2 Å². The van der Waals surface area contributed by atoms with Gasteiger partial charge < -0.3 is 14.5 Å². The van der Waals surface area contributed by atoms with E-state index in [1.165, 1.54) is 18.2 Å². The predicted molar refractivity (Wildman–Crippen MR) is 100 cm³/mol. The molecule has 0 unspecified atom stereocenters. The molecule has 0 saturated heterocycles. The molecule has 4 rings (SSSR count). The second-order valence-corrected chi connectivity index (χ2v) is 5.87. The van der Waals surface area contributed by atoms with Crippen LogP contribution in [0.3, 0.4) is 0 Å². The highest BCUT2D eigenvalue weighted by atomic mass is 19.1. The molecule has 0 bridgehead atoms. The minimum atomic E-state index is -0.571. The van der Waals surface area contributed by atoms with Crippen LogP contribution in [0.1, 0.15) is 10.4 Å². The topological polar surface area (TPSA) is 64.4 Å². The van der Waals surface area contributed by atoms with Gasteiger partial charge in [0, 0.05) is 11.3 Å². The molecule has 0 radical (unpaired) electrons. The number of carbonyl (C=O) groups excluding carboxylic acids is 1. The Bertz CT molecular complexity index is 1140. The number of hydrogen-bond donors (Lipinski definition) is 1. The van der Waals surface area contributed by atoms with Crippen LogP contribution >= 0.6 is 0 Å². The van der Waals surface area contributed by atoms with Crippen LogP contribution in [0.25, 0.3) is 22.6 Å². The molecule has 6 heteroatoms. The fourth-order valence-electron chi connectivity index (χ4n) is 2.73. The van der Waals surface area contributed by atoms with E-state index in [-0.39, 0.29) is 5.56 Å². The number of fused-ring (bicyclic) bond motifs is 1. The maximum Gasteiger partial charge on any atom is 0.258 e. The average molecular weight is 362 g/mol. The SMILES string of the molecule is COc1cccc(-c2nc3cc(NC(=O)c4ccccc4F)ccc3o2)c1. The molecule has 0 saturated carbocycles. The quantitative estimate of drug-likeness (QED) is 0.561. The Morgan fingerprint density at radius 3 is 2.74 bits per heavy atom. The first-order valence-electron chi connectivity index (χ1n) is 8.25. The number of aromatic nitrogens is 1. The highest BCUT2D eigenvalue weighted by Gasteiger charge is 2.13. The molecule has 1 N–H and O–H groups in total. The number of amides is 1. The molecule has 5 nitrogen and oxygen atoms in total. The van der Waals surface area contributed by atoms with Crippen LogP contribution in [-0.2, 0) is 0 Å². The lowest BCUT2D eigenvalue weighted by molar-refractivity contribution is 0.102. The summed E-state index contributed by atoms with van der Waals surface area (Å²) in [4.78, 5) is 16.7. The van der Waals surface area contributed by atoms with Crippen molar-refractivity contribution in [3.63, 3.8) is 0 Å². The minimum Gasteiger partial charge on any atom is -0.497 e. The second-order valence-electron chi connectivity index (χ2n) is 5.87. The Labute approximate surface area is 154 Å². The summed E-state index contributed by atoms with van der Waals surface area (Å²) in [6.07, 6.45) is 0. The first-order valence-corrected chi connectivity index (χ1v) is 8.25. The van der Waals surface area contributed by atoms with E-state index in [9.17, 15) is 9.18 Å². The van der Waals surface area contributed by atoms with E-state index in [4.69, 9.17) is 9.15 Å². The lowest BCUT2D eigenvalue weighted by Gasteiger charge is -2.05. The third-order valence-corrected chi connectivity index (χ3v) is 4.08. The van der Waals surface area contributed by atoms with Crippen molar-refractivity contribution < 1.29 is 18.3 Å². The largest absolute Gasteiger partial charge is 0.497 e. The summed E-state index contributed by atoms with van der Waals surface area (Å²) in [5.41, 5.74) is 2.43. The second kappa shape index (κ2) is 6.92. The zero-order valence-corrected chi connectivity index (χ0v) is 14.4. The van der Waals surface area contributed by atoms with Gasteiger partial charge in [-0.15, -0.1) is 0 Å². The number of benzene rings is 3. The zero-order valence-electron chi connectivity index (χ0n) is 14.4. The van der Waals surface area contributed by atoms with Crippen LogP contribution in [0.15, 0.2) is 71.1 Å². The Balaban J connectivity index is 1.63. The van der Waals surface area contributed by atoms with Crippen molar-refractivity contribution in [2.24, 2.45) is 0 Å². The van der Waals surface area contributed by atoms with Crippen molar-refractivity contribution >= 4 is 22.7 Å². The fourth-order valence-corrected chi connectivity index (χ4v) is 2.73. The maximum absolute atomic E-state index is 13.8. The van der Waals surface area contributed by atoms with Crippen molar-refractivity contribution in [2.75, 3.05) is 12.4 Å². The highest BCUT2D eigenvalue weighted by Crippen LogP contribution is 2.28. The van der Waals surface area contributed by atoms with E-state index in [1.807, 2.05) is 24.3 Å². The number of nitrogens with zero attached hydrogens (tertiary/aromatic N) is 1. The van der Waals surface area contributed by atoms with E-state index in [2.05, 4.69) is 10.3 Å². The number of anilines is 1. The van der Waals surface area contributed by atoms with E-state index in [0.717, 1.165) is 5.56 Å². The van der Waals surface area contributed by atoms with Gasteiger partial charge in [-0.3, -0.25) is 4.79 Å². The molecule has 0 spiro atoms. The number of nitrogens with one attached hydrogen (secondary N) is 1. The van der Waals surface area contributed by atoms with Crippen molar-refractivity contribution in [1.29, 1.82) is 0 Å². The monoisotopic (exact) mass is 362 g/mol. The van der Waals surface area contributed by atoms with Gasteiger partial charge in [0.15, 0.2) is 5.58 Å². The first-order chi connectivity index (χ1) is 13.1. The molecule has 0 aliphatic heterocycles. The summed E-state index contributed by atoms with van der Waals surface area (Å²) >= 11 is 0. The Hall–Kier alpha value is -3.67. The van der Waals surface area contributed by atoms with Gasteiger partial charge in [-0.25, -0.2) is 9.37 Å². The van der Waals surface area contributed by atoms with Gasteiger partial charge in [-0.05, 0) is 48.5 Å². The lowest BCUT2D eigenvalue weighted by atomic mass is 10.2. The molecule has 1 heterocycles. The molecule has 134 valence electrons. The van der Waals surface area contributed by atoms with Gasteiger partial charge >= 0.3 is 0 Å². The van der Waals surface area contributed by atoms with E-state index >= 15 is 0 Å². The summed E-state index contributed by atoms with van der Waals surface area (Å²) in [7, 11) is 1.59. The maximum atomic E-state index is 13.8. The third kappa shape index (κ3) is 3.37. The Kier molecular flexibility index (Phi) is 4.30.